The Morgan fingerprint density at radius 2 is 2.11 bits per heavy atom. The highest BCUT2D eigenvalue weighted by molar-refractivity contribution is 9.10. The van der Waals surface area contributed by atoms with Crippen LogP contribution in [0.5, 0.6) is 0 Å². The molecule has 0 heterocycles. The number of aliphatic hydroxyl groups is 1. The van der Waals surface area contributed by atoms with E-state index in [2.05, 4.69) is 40.3 Å². The molecular formula is C15H22BrNO2. The molecule has 1 rings (SSSR count). The lowest BCUT2D eigenvalue weighted by Gasteiger charge is -2.17. The van der Waals surface area contributed by atoms with E-state index in [9.17, 15) is 9.90 Å². The molecule has 0 bridgehead atoms. The van der Waals surface area contributed by atoms with Crippen LogP contribution in [-0.4, -0.2) is 24.2 Å². The molecule has 1 aromatic carbocycles. The van der Waals surface area contributed by atoms with Gasteiger partial charge >= 0.3 is 0 Å². The van der Waals surface area contributed by atoms with Gasteiger partial charge in [-0.05, 0) is 42.5 Å². The van der Waals surface area contributed by atoms with E-state index in [4.69, 9.17) is 0 Å². The third kappa shape index (κ3) is 4.96. The maximum atomic E-state index is 11.9. The van der Waals surface area contributed by atoms with Crippen LogP contribution in [0.25, 0.3) is 0 Å². The first-order chi connectivity index (χ1) is 8.95. The van der Waals surface area contributed by atoms with Crippen LogP contribution >= 0.6 is 15.9 Å². The summed E-state index contributed by atoms with van der Waals surface area (Å²) >= 11 is 3.45. The van der Waals surface area contributed by atoms with Crippen LogP contribution in [0.4, 0.5) is 0 Å². The fraction of sp³-hybridized carbons (Fsp3) is 0.533. The molecule has 1 amide bonds. The molecule has 0 radical (unpaired) electrons. The minimum Gasteiger partial charge on any atom is -0.396 e. The Bertz CT molecular complexity index is 432. The molecule has 1 aromatic rings. The Morgan fingerprint density at radius 1 is 1.42 bits per heavy atom. The number of nitrogens with one attached hydrogen (secondary N) is 1. The Morgan fingerprint density at radius 3 is 2.68 bits per heavy atom. The highest BCUT2D eigenvalue weighted by Crippen LogP contribution is 2.16. The van der Waals surface area contributed by atoms with Gasteiger partial charge in [-0.25, -0.2) is 0 Å². The molecule has 2 N–H and O–H groups in total. The largest absolute Gasteiger partial charge is 0.396 e. The SMILES string of the molecule is Cc1ccc(Br)cc1CCNC(=O)C(CO)C(C)C. The maximum absolute atomic E-state index is 11.9. The minimum absolute atomic E-state index is 0.0647. The normalized spacial score (nSPS) is 12.5. The summed E-state index contributed by atoms with van der Waals surface area (Å²) in [7, 11) is 0. The number of benzene rings is 1. The zero-order valence-electron chi connectivity index (χ0n) is 11.7. The molecule has 0 saturated heterocycles. The lowest BCUT2D eigenvalue weighted by Crippen LogP contribution is -2.36. The molecule has 0 saturated carbocycles. The van der Waals surface area contributed by atoms with E-state index in [0.717, 1.165) is 10.9 Å². The smallest absolute Gasteiger partial charge is 0.225 e. The summed E-state index contributed by atoms with van der Waals surface area (Å²) in [6, 6.07) is 6.15. The molecule has 0 aliphatic heterocycles. The summed E-state index contributed by atoms with van der Waals surface area (Å²) in [6.45, 7) is 6.45. The predicted octanol–water partition coefficient (Wildman–Crippen LogP) is 2.68. The number of hydrogen-bond donors (Lipinski definition) is 2. The molecule has 106 valence electrons. The van der Waals surface area contributed by atoms with Crippen molar-refractivity contribution < 1.29 is 9.90 Å². The Hall–Kier alpha value is -0.870. The number of rotatable bonds is 6. The zero-order chi connectivity index (χ0) is 14.4. The number of aliphatic hydroxyl groups excluding tert-OH is 1. The number of aryl methyl sites for hydroxylation is 1. The molecule has 19 heavy (non-hydrogen) atoms. The second kappa shape index (κ2) is 7.65. The van der Waals surface area contributed by atoms with Gasteiger partial charge in [0.2, 0.25) is 5.91 Å². The van der Waals surface area contributed by atoms with Crippen molar-refractivity contribution in [2.24, 2.45) is 11.8 Å². The quantitative estimate of drug-likeness (QED) is 0.843. The van der Waals surface area contributed by atoms with Crippen LogP contribution in [0.2, 0.25) is 0 Å². The van der Waals surface area contributed by atoms with Gasteiger partial charge in [0, 0.05) is 11.0 Å². The van der Waals surface area contributed by atoms with Crippen LogP contribution in [-0.2, 0) is 11.2 Å². The molecule has 0 aromatic heterocycles. The van der Waals surface area contributed by atoms with E-state index < -0.39 is 0 Å². The topological polar surface area (TPSA) is 49.3 Å². The van der Waals surface area contributed by atoms with Crippen LogP contribution in [0, 0.1) is 18.8 Å². The standard InChI is InChI=1S/C15H22BrNO2/c1-10(2)14(9-18)15(19)17-7-6-12-8-13(16)5-4-11(12)3/h4-5,8,10,14,18H,6-7,9H2,1-3H3,(H,17,19). The zero-order valence-corrected chi connectivity index (χ0v) is 13.3. The van der Waals surface area contributed by atoms with Gasteiger partial charge in [0.25, 0.3) is 0 Å². The average Bonchev–Trinajstić information content (AvgIpc) is 2.34. The highest BCUT2D eigenvalue weighted by Gasteiger charge is 2.20. The number of amides is 1. The number of carbonyl (C=O) groups excluding carboxylic acids is 1. The van der Waals surface area contributed by atoms with E-state index in [1.54, 1.807) is 0 Å². The van der Waals surface area contributed by atoms with Gasteiger partial charge in [0.15, 0.2) is 0 Å². The number of carbonyl (C=O) groups is 1. The van der Waals surface area contributed by atoms with E-state index in [0.29, 0.717) is 6.54 Å². The van der Waals surface area contributed by atoms with Gasteiger partial charge in [0.05, 0.1) is 12.5 Å². The van der Waals surface area contributed by atoms with Gasteiger partial charge in [-0.3, -0.25) is 4.79 Å². The van der Waals surface area contributed by atoms with Crippen LogP contribution in [0.15, 0.2) is 22.7 Å². The summed E-state index contributed by atoms with van der Waals surface area (Å²) in [5, 5.41) is 12.1. The minimum atomic E-state index is -0.316. The monoisotopic (exact) mass is 327 g/mol. The van der Waals surface area contributed by atoms with Crippen molar-refractivity contribution >= 4 is 21.8 Å². The average molecular weight is 328 g/mol. The lowest BCUT2D eigenvalue weighted by atomic mass is 9.96. The third-order valence-electron chi connectivity index (χ3n) is 3.34. The molecule has 0 aliphatic carbocycles. The van der Waals surface area contributed by atoms with Gasteiger partial charge < -0.3 is 10.4 Å². The van der Waals surface area contributed by atoms with E-state index in [-0.39, 0.29) is 24.3 Å². The first-order valence-corrected chi connectivity index (χ1v) is 7.38. The fourth-order valence-corrected chi connectivity index (χ4v) is 2.37. The maximum Gasteiger partial charge on any atom is 0.225 e. The van der Waals surface area contributed by atoms with E-state index in [1.807, 2.05) is 19.9 Å². The summed E-state index contributed by atoms with van der Waals surface area (Å²) < 4.78 is 1.05. The molecule has 0 fully saturated rings. The number of hydrogen-bond acceptors (Lipinski definition) is 2. The van der Waals surface area contributed by atoms with Crippen molar-refractivity contribution in [1.29, 1.82) is 0 Å². The van der Waals surface area contributed by atoms with Crippen LogP contribution in [0.1, 0.15) is 25.0 Å². The Labute approximate surface area is 123 Å². The molecule has 0 spiro atoms. The summed E-state index contributed by atoms with van der Waals surface area (Å²) in [5.74, 6) is -0.230. The summed E-state index contributed by atoms with van der Waals surface area (Å²) in [6.07, 6.45) is 0.799. The predicted molar refractivity (Wildman–Crippen MR) is 81.0 cm³/mol. The second-order valence-corrected chi connectivity index (χ2v) is 6.06. The molecular weight excluding hydrogens is 306 g/mol. The van der Waals surface area contributed by atoms with E-state index >= 15 is 0 Å². The van der Waals surface area contributed by atoms with Crippen molar-refractivity contribution in [2.45, 2.75) is 27.2 Å². The highest BCUT2D eigenvalue weighted by atomic mass is 79.9. The lowest BCUT2D eigenvalue weighted by molar-refractivity contribution is -0.127. The molecule has 4 heteroatoms. The van der Waals surface area contributed by atoms with Gasteiger partial charge in [-0.1, -0.05) is 35.8 Å². The Kier molecular flexibility index (Phi) is 6.52. The van der Waals surface area contributed by atoms with Gasteiger partial charge in [-0.2, -0.15) is 0 Å². The number of halogens is 1. The van der Waals surface area contributed by atoms with Crippen molar-refractivity contribution in [2.75, 3.05) is 13.2 Å². The summed E-state index contributed by atoms with van der Waals surface area (Å²) in [4.78, 5) is 11.9. The molecule has 3 nitrogen and oxygen atoms in total. The second-order valence-electron chi connectivity index (χ2n) is 5.14. The Balaban J connectivity index is 2.50. The van der Waals surface area contributed by atoms with Crippen molar-refractivity contribution in [3.63, 3.8) is 0 Å². The first kappa shape index (κ1) is 16.2. The fourth-order valence-electron chi connectivity index (χ4n) is 1.96. The molecule has 1 unspecified atom stereocenters. The molecule has 0 aliphatic rings. The van der Waals surface area contributed by atoms with Crippen molar-refractivity contribution in [1.82, 2.24) is 5.32 Å². The van der Waals surface area contributed by atoms with Crippen molar-refractivity contribution in [3.05, 3.63) is 33.8 Å². The van der Waals surface area contributed by atoms with Crippen LogP contribution < -0.4 is 5.32 Å². The van der Waals surface area contributed by atoms with Crippen molar-refractivity contribution in [3.8, 4) is 0 Å². The van der Waals surface area contributed by atoms with Crippen LogP contribution in [0.3, 0.4) is 0 Å². The third-order valence-corrected chi connectivity index (χ3v) is 3.84. The van der Waals surface area contributed by atoms with E-state index in [1.165, 1.54) is 11.1 Å². The molecule has 1 atom stereocenters. The van der Waals surface area contributed by atoms with Gasteiger partial charge in [0.1, 0.15) is 0 Å². The summed E-state index contributed by atoms with van der Waals surface area (Å²) in [5.41, 5.74) is 2.44. The van der Waals surface area contributed by atoms with Gasteiger partial charge in [-0.15, -0.1) is 0 Å². The first-order valence-electron chi connectivity index (χ1n) is 6.59.